The molecule has 1 nitrogen and oxygen atoms in total. The number of hydrogen-bond donors (Lipinski definition) is 0. The normalized spacial score (nSPS) is 15.7. The van der Waals surface area contributed by atoms with Crippen molar-refractivity contribution in [2.45, 2.75) is 24.8 Å². The Bertz CT molecular complexity index is 197. The molecule has 0 bridgehead atoms. The van der Waals surface area contributed by atoms with Crippen LogP contribution < -0.4 is 0 Å². The van der Waals surface area contributed by atoms with Gasteiger partial charge in [-0.2, -0.15) is 22.0 Å². The number of rotatable bonds is 4. The highest BCUT2D eigenvalue weighted by atomic mass is 19.4. The van der Waals surface area contributed by atoms with Crippen LogP contribution in [0.3, 0.4) is 0 Å². The third kappa shape index (κ3) is 3.95. The number of halogens is 7. The van der Waals surface area contributed by atoms with E-state index in [4.69, 9.17) is 0 Å². The monoisotopic (exact) mass is 226 g/mol. The fourth-order valence-electron chi connectivity index (χ4n) is 0.479. The van der Waals surface area contributed by atoms with Crippen molar-refractivity contribution in [3.63, 3.8) is 0 Å². The second kappa shape index (κ2) is 4.16. The Labute approximate surface area is 74.1 Å². The van der Waals surface area contributed by atoms with E-state index in [1.807, 2.05) is 0 Å². The predicted molar refractivity (Wildman–Crippen MR) is 32.1 cm³/mol. The van der Waals surface area contributed by atoms with E-state index in [0.29, 0.717) is 0 Å². The zero-order chi connectivity index (χ0) is 11.6. The highest BCUT2D eigenvalue weighted by Gasteiger charge is 2.51. The Kier molecular flexibility index (Phi) is 3.92. The lowest BCUT2D eigenvalue weighted by Crippen LogP contribution is -2.42. The van der Waals surface area contributed by atoms with Gasteiger partial charge in [-0.25, -0.2) is 8.78 Å². The first-order valence-electron chi connectivity index (χ1n) is 3.14. The van der Waals surface area contributed by atoms with Crippen LogP contribution in [0, 0.1) is 0 Å². The Balaban J connectivity index is 4.63. The SMILES string of the molecule is C=CC(F)(F)OC(C(F)F)C(F)(F)F. The number of ether oxygens (including phenoxy) is 1. The van der Waals surface area contributed by atoms with Crippen molar-refractivity contribution in [2.75, 3.05) is 0 Å². The highest BCUT2D eigenvalue weighted by molar-refractivity contribution is 4.82. The van der Waals surface area contributed by atoms with Gasteiger partial charge in [0.2, 0.25) is 6.10 Å². The molecule has 0 heterocycles. The molecule has 0 aromatic rings. The van der Waals surface area contributed by atoms with Gasteiger partial charge in [0.1, 0.15) is 0 Å². The standard InChI is InChI=1S/C6H5F7O/c1-2-5(9,10)14-3(4(7)8)6(11,12)13/h2-4H,1H2. The van der Waals surface area contributed by atoms with Crippen LogP contribution in [0.15, 0.2) is 12.7 Å². The Morgan fingerprint density at radius 3 is 1.71 bits per heavy atom. The molecule has 0 amide bonds. The Hall–Kier alpha value is -0.790. The molecule has 0 saturated carbocycles. The zero-order valence-electron chi connectivity index (χ0n) is 6.49. The average Bonchev–Trinajstić information content (AvgIpc) is 1.98. The fraction of sp³-hybridized carbons (Fsp3) is 0.667. The van der Waals surface area contributed by atoms with Gasteiger partial charge in [0.25, 0.3) is 6.43 Å². The molecule has 0 aliphatic heterocycles. The molecule has 0 saturated heterocycles. The molecule has 0 fully saturated rings. The molecule has 0 aromatic heterocycles. The summed E-state index contributed by atoms with van der Waals surface area (Å²) >= 11 is 0. The molecule has 0 N–H and O–H groups in total. The van der Waals surface area contributed by atoms with Crippen LogP contribution in [-0.4, -0.2) is 24.8 Å². The van der Waals surface area contributed by atoms with Gasteiger partial charge in [0.15, 0.2) is 0 Å². The predicted octanol–water partition coefficient (Wildman–Crippen LogP) is 2.98. The van der Waals surface area contributed by atoms with Gasteiger partial charge < -0.3 is 0 Å². The first kappa shape index (κ1) is 13.2. The van der Waals surface area contributed by atoms with Crippen LogP contribution in [0.5, 0.6) is 0 Å². The molecule has 0 rings (SSSR count). The van der Waals surface area contributed by atoms with Crippen LogP contribution in [0.4, 0.5) is 30.7 Å². The highest BCUT2D eigenvalue weighted by Crippen LogP contribution is 2.32. The summed E-state index contributed by atoms with van der Waals surface area (Å²) < 4.78 is 85.4. The van der Waals surface area contributed by atoms with Gasteiger partial charge in [-0.05, 0) is 0 Å². The van der Waals surface area contributed by atoms with Crippen molar-refractivity contribution in [3.05, 3.63) is 12.7 Å². The van der Waals surface area contributed by atoms with E-state index in [2.05, 4.69) is 11.3 Å². The maximum absolute atomic E-state index is 12.1. The maximum Gasteiger partial charge on any atom is 0.420 e. The van der Waals surface area contributed by atoms with Crippen molar-refractivity contribution in [2.24, 2.45) is 0 Å². The minimum absolute atomic E-state index is 0.297. The summed E-state index contributed by atoms with van der Waals surface area (Å²) in [5.41, 5.74) is 0. The third-order valence-corrected chi connectivity index (χ3v) is 1.07. The fourth-order valence-corrected chi connectivity index (χ4v) is 0.479. The Morgan fingerprint density at radius 2 is 1.50 bits per heavy atom. The van der Waals surface area contributed by atoms with Crippen LogP contribution in [0.1, 0.15) is 0 Å². The van der Waals surface area contributed by atoms with E-state index in [0.717, 1.165) is 0 Å². The molecular weight excluding hydrogens is 221 g/mol. The van der Waals surface area contributed by atoms with E-state index >= 15 is 0 Å². The Morgan fingerprint density at radius 1 is 1.07 bits per heavy atom. The van der Waals surface area contributed by atoms with Crippen molar-refractivity contribution in [3.8, 4) is 0 Å². The minimum atomic E-state index is -5.55. The molecule has 0 aromatic carbocycles. The lowest BCUT2D eigenvalue weighted by molar-refractivity contribution is -0.328. The molecule has 0 aliphatic rings. The van der Waals surface area contributed by atoms with Crippen LogP contribution in [-0.2, 0) is 4.74 Å². The van der Waals surface area contributed by atoms with Crippen LogP contribution in [0.25, 0.3) is 0 Å². The second-order valence-electron chi connectivity index (χ2n) is 2.18. The summed E-state index contributed by atoms with van der Waals surface area (Å²) in [6.45, 7) is 2.44. The van der Waals surface area contributed by atoms with Gasteiger partial charge >= 0.3 is 12.3 Å². The van der Waals surface area contributed by atoms with Crippen molar-refractivity contribution in [1.29, 1.82) is 0 Å². The van der Waals surface area contributed by atoms with Gasteiger partial charge in [-0.15, -0.1) is 0 Å². The van der Waals surface area contributed by atoms with E-state index in [-0.39, 0.29) is 6.08 Å². The lowest BCUT2D eigenvalue weighted by Gasteiger charge is -2.23. The molecular formula is C6H5F7O. The molecule has 0 aliphatic carbocycles. The summed E-state index contributed by atoms with van der Waals surface area (Å²) in [7, 11) is 0. The second-order valence-corrected chi connectivity index (χ2v) is 2.18. The number of hydrogen-bond acceptors (Lipinski definition) is 1. The topological polar surface area (TPSA) is 9.23 Å². The summed E-state index contributed by atoms with van der Waals surface area (Å²) in [4.78, 5) is 0. The van der Waals surface area contributed by atoms with E-state index < -0.39 is 24.8 Å². The van der Waals surface area contributed by atoms with E-state index in [1.54, 1.807) is 0 Å². The minimum Gasteiger partial charge on any atom is -0.298 e. The van der Waals surface area contributed by atoms with Crippen molar-refractivity contribution in [1.82, 2.24) is 0 Å². The zero-order valence-corrected chi connectivity index (χ0v) is 6.49. The molecule has 0 radical (unpaired) electrons. The summed E-state index contributed by atoms with van der Waals surface area (Å²) in [6.07, 6.45) is -18.2. The average molecular weight is 226 g/mol. The van der Waals surface area contributed by atoms with Gasteiger partial charge in [0.05, 0.1) is 0 Å². The van der Waals surface area contributed by atoms with Gasteiger partial charge in [0, 0.05) is 6.08 Å². The van der Waals surface area contributed by atoms with Crippen LogP contribution >= 0.6 is 0 Å². The molecule has 1 atom stereocenters. The van der Waals surface area contributed by atoms with E-state index in [1.165, 1.54) is 0 Å². The maximum atomic E-state index is 12.1. The summed E-state index contributed by atoms with van der Waals surface area (Å²) in [6, 6.07) is 0. The smallest absolute Gasteiger partial charge is 0.298 e. The van der Waals surface area contributed by atoms with Gasteiger partial charge in [-0.3, -0.25) is 4.74 Å². The van der Waals surface area contributed by atoms with Crippen molar-refractivity contribution < 1.29 is 35.5 Å². The first-order chi connectivity index (χ1) is 6.10. The largest absolute Gasteiger partial charge is 0.420 e. The van der Waals surface area contributed by atoms with Crippen molar-refractivity contribution >= 4 is 0 Å². The summed E-state index contributed by atoms with van der Waals surface area (Å²) in [5, 5.41) is 0. The molecule has 84 valence electrons. The van der Waals surface area contributed by atoms with Gasteiger partial charge in [-0.1, -0.05) is 6.58 Å². The first-order valence-corrected chi connectivity index (χ1v) is 3.14. The quantitative estimate of drug-likeness (QED) is 0.529. The van der Waals surface area contributed by atoms with Crippen LogP contribution in [0.2, 0.25) is 0 Å². The van der Waals surface area contributed by atoms with E-state index in [9.17, 15) is 30.7 Å². The number of alkyl halides is 7. The third-order valence-electron chi connectivity index (χ3n) is 1.07. The lowest BCUT2D eigenvalue weighted by atomic mass is 10.3. The molecule has 1 unspecified atom stereocenters. The molecule has 0 spiro atoms. The molecule has 8 heteroatoms. The summed E-state index contributed by atoms with van der Waals surface area (Å²) in [5.74, 6) is 0. The molecule has 14 heavy (non-hydrogen) atoms.